The lowest BCUT2D eigenvalue weighted by atomic mass is 9.99. The predicted octanol–water partition coefficient (Wildman–Crippen LogP) is 8.49. The monoisotopic (exact) mass is 407 g/mol. The molecule has 0 saturated heterocycles. The van der Waals surface area contributed by atoms with Crippen LogP contribution in [0.3, 0.4) is 0 Å². The van der Waals surface area contributed by atoms with Crippen molar-refractivity contribution in [2.24, 2.45) is 5.92 Å². The minimum absolute atomic E-state index is 0.110. The van der Waals surface area contributed by atoms with Gasteiger partial charge in [0.05, 0.1) is 0 Å². The van der Waals surface area contributed by atoms with E-state index in [1.165, 1.54) is 48.1 Å². The Bertz CT molecular complexity index is 767. The molecule has 30 heavy (non-hydrogen) atoms. The number of carbonyl (C=O) groups excluding carboxylic acids is 1. The summed E-state index contributed by atoms with van der Waals surface area (Å²) < 4.78 is 0. The van der Waals surface area contributed by atoms with Crippen LogP contribution in [-0.4, -0.2) is 12.3 Å². The molecule has 2 aliphatic rings. The molecule has 1 N–H and O–H groups in total. The number of unbranched alkanes of at least 4 members (excludes halogenated alkanes) is 1. The van der Waals surface area contributed by atoms with Gasteiger partial charge in [-0.3, -0.25) is 4.79 Å². The number of hydrogen-bond acceptors (Lipinski definition) is 2. The van der Waals surface area contributed by atoms with Crippen LogP contribution in [0.4, 0.5) is 5.69 Å². The third-order valence-electron chi connectivity index (χ3n) is 5.03. The SMILES string of the molecule is CC.CC(=O)c1ccc(C2=Cc3ccccc3NCC2)cc1.CC1CC1.CCCC. The second-order valence-corrected chi connectivity index (χ2v) is 7.75. The number of rotatable bonds is 3. The fourth-order valence-corrected chi connectivity index (χ4v) is 2.69. The van der Waals surface area contributed by atoms with Crippen LogP contribution in [0.2, 0.25) is 0 Å². The Balaban J connectivity index is 0.000000376. The number of para-hydroxylation sites is 1. The first-order valence-electron chi connectivity index (χ1n) is 11.7. The first kappa shape index (κ1) is 25.7. The van der Waals surface area contributed by atoms with Crippen molar-refractivity contribution in [2.75, 3.05) is 11.9 Å². The molecule has 1 aliphatic heterocycles. The number of anilines is 1. The van der Waals surface area contributed by atoms with Gasteiger partial charge in [0.2, 0.25) is 0 Å². The Morgan fingerprint density at radius 2 is 1.53 bits per heavy atom. The molecule has 0 atom stereocenters. The fourth-order valence-electron chi connectivity index (χ4n) is 2.69. The number of carbonyl (C=O) groups is 1. The molecule has 4 rings (SSSR count). The van der Waals surface area contributed by atoms with E-state index in [9.17, 15) is 4.79 Å². The maximum absolute atomic E-state index is 11.3. The van der Waals surface area contributed by atoms with Crippen molar-refractivity contribution in [3.05, 3.63) is 65.2 Å². The van der Waals surface area contributed by atoms with Crippen LogP contribution in [0.25, 0.3) is 11.6 Å². The largest absolute Gasteiger partial charge is 0.384 e. The van der Waals surface area contributed by atoms with E-state index in [0.717, 1.165) is 24.4 Å². The van der Waals surface area contributed by atoms with Crippen molar-refractivity contribution in [2.45, 2.75) is 73.6 Å². The molecule has 0 amide bonds. The molecule has 2 nitrogen and oxygen atoms in total. The average Bonchev–Trinajstić information content (AvgIpc) is 3.60. The van der Waals surface area contributed by atoms with Crippen LogP contribution in [0.1, 0.15) is 95.1 Å². The normalized spacial score (nSPS) is 13.9. The maximum atomic E-state index is 11.3. The molecule has 2 aromatic rings. The smallest absolute Gasteiger partial charge is 0.159 e. The fraction of sp³-hybridized carbons (Fsp3) is 0.464. The second-order valence-electron chi connectivity index (χ2n) is 7.75. The molecule has 1 heterocycles. The number of Topliss-reactive ketones (excluding diaryl/α,β-unsaturated/α-hetero) is 1. The summed E-state index contributed by atoms with van der Waals surface area (Å²) in [5, 5.41) is 3.45. The van der Waals surface area contributed by atoms with E-state index in [-0.39, 0.29) is 5.78 Å². The summed E-state index contributed by atoms with van der Waals surface area (Å²) in [6, 6.07) is 16.2. The first-order valence-corrected chi connectivity index (χ1v) is 11.7. The number of ketones is 1. The van der Waals surface area contributed by atoms with E-state index < -0.39 is 0 Å². The molecule has 0 bridgehead atoms. The molecule has 0 aromatic heterocycles. The lowest BCUT2D eigenvalue weighted by Gasteiger charge is -2.06. The Labute approximate surface area is 184 Å². The van der Waals surface area contributed by atoms with Crippen molar-refractivity contribution < 1.29 is 4.79 Å². The summed E-state index contributed by atoms with van der Waals surface area (Å²) >= 11 is 0. The summed E-state index contributed by atoms with van der Waals surface area (Å²) in [6.45, 7) is 13.2. The quantitative estimate of drug-likeness (QED) is 0.517. The van der Waals surface area contributed by atoms with Gasteiger partial charge in [0, 0.05) is 17.8 Å². The van der Waals surface area contributed by atoms with Crippen molar-refractivity contribution in [1.82, 2.24) is 0 Å². The summed E-state index contributed by atoms with van der Waals surface area (Å²) in [6.07, 6.45) is 8.83. The Hall–Kier alpha value is -2.35. The van der Waals surface area contributed by atoms with Gasteiger partial charge in [0.1, 0.15) is 0 Å². The maximum Gasteiger partial charge on any atom is 0.159 e. The van der Waals surface area contributed by atoms with Crippen LogP contribution in [-0.2, 0) is 0 Å². The molecule has 0 spiro atoms. The number of fused-ring (bicyclic) bond motifs is 1. The topological polar surface area (TPSA) is 29.1 Å². The third kappa shape index (κ3) is 9.43. The zero-order valence-electron chi connectivity index (χ0n) is 19.9. The highest BCUT2D eigenvalue weighted by Gasteiger charge is 2.12. The summed E-state index contributed by atoms with van der Waals surface area (Å²) in [5.41, 5.74) is 5.66. The molecule has 0 radical (unpaired) electrons. The minimum atomic E-state index is 0.110. The van der Waals surface area contributed by atoms with Gasteiger partial charge >= 0.3 is 0 Å². The van der Waals surface area contributed by atoms with Gasteiger partial charge in [-0.1, -0.05) is 103 Å². The van der Waals surface area contributed by atoms with E-state index >= 15 is 0 Å². The van der Waals surface area contributed by atoms with E-state index in [2.05, 4.69) is 50.4 Å². The lowest BCUT2D eigenvalue weighted by Crippen LogP contribution is -2.00. The molecule has 0 unspecified atom stereocenters. The number of hydrogen-bond donors (Lipinski definition) is 1. The predicted molar refractivity (Wildman–Crippen MR) is 134 cm³/mol. The van der Waals surface area contributed by atoms with Crippen LogP contribution >= 0.6 is 0 Å². The summed E-state index contributed by atoms with van der Waals surface area (Å²) in [5.74, 6) is 1.19. The molecule has 2 aromatic carbocycles. The van der Waals surface area contributed by atoms with E-state index in [0.29, 0.717) is 0 Å². The zero-order chi connectivity index (χ0) is 22.4. The summed E-state index contributed by atoms with van der Waals surface area (Å²) in [7, 11) is 0. The van der Waals surface area contributed by atoms with Gasteiger partial charge in [-0.2, -0.15) is 0 Å². The van der Waals surface area contributed by atoms with Crippen LogP contribution in [0.5, 0.6) is 0 Å². The van der Waals surface area contributed by atoms with Crippen LogP contribution in [0.15, 0.2) is 48.5 Å². The molecular formula is C28H41NO. The van der Waals surface area contributed by atoms with Crippen molar-refractivity contribution in [1.29, 1.82) is 0 Å². The highest BCUT2D eigenvalue weighted by molar-refractivity contribution is 5.95. The van der Waals surface area contributed by atoms with Crippen LogP contribution < -0.4 is 5.32 Å². The van der Waals surface area contributed by atoms with Gasteiger partial charge in [-0.25, -0.2) is 0 Å². The Morgan fingerprint density at radius 1 is 0.967 bits per heavy atom. The van der Waals surface area contributed by atoms with Gasteiger partial charge in [-0.05, 0) is 48.1 Å². The molecule has 1 saturated carbocycles. The lowest BCUT2D eigenvalue weighted by molar-refractivity contribution is 0.101. The second kappa shape index (κ2) is 14.6. The first-order chi connectivity index (χ1) is 14.5. The van der Waals surface area contributed by atoms with Crippen molar-refractivity contribution >= 4 is 23.1 Å². The molecule has 1 aliphatic carbocycles. The van der Waals surface area contributed by atoms with Crippen molar-refractivity contribution in [3.8, 4) is 0 Å². The summed E-state index contributed by atoms with van der Waals surface area (Å²) in [4.78, 5) is 11.3. The van der Waals surface area contributed by atoms with E-state index in [1.807, 2.05) is 44.2 Å². The highest BCUT2D eigenvalue weighted by atomic mass is 16.1. The van der Waals surface area contributed by atoms with Crippen LogP contribution in [0, 0.1) is 5.92 Å². The third-order valence-corrected chi connectivity index (χ3v) is 5.03. The van der Waals surface area contributed by atoms with E-state index in [4.69, 9.17) is 0 Å². The van der Waals surface area contributed by atoms with Gasteiger partial charge < -0.3 is 5.32 Å². The molecule has 1 fully saturated rings. The minimum Gasteiger partial charge on any atom is -0.384 e. The molecule has 164 valence electrons. The van der Waals surface area contributed by atoms with E-state index in [1.54, 1.807) is 6.92 Å². The Kier molecular flexibility index (Phi) is 12.5. The molecular weight excluding hydrogens is 366 g/mol. The number of nitrogens with one attached hydrogen (secondary N) is 1. The standard InChI is InChI=1S/C18H17NO.C4H8.C4H10.C2H6/c1-13(20)14-6-8-15(9-7-14)16-10-11-19-18-5-3-2-4-17(18)12-16;1-4-2-3-4;1-3-4-2;1-2/h2-9,12,19H,10-11H2,1H3;4H,2-3H2,1H3;3-4H2,1-2H3;1-2H3. The van der Waals surface area contributed by atoms with Gasteiger partial charge in [0.15, 0.2) is 5.78 Å². The van der Waals surface area contributed by atoms with Gasteiger partial charge in [-0.15, -0.1) is 0 Å². The Morgan fingerprint density at radius 3 is 2.03 bits per heavy atom. The zero-order valence-corrected chi connectivity index (χ0v) is 19.9. The number of benzene rings is 2. The average molecular weight is 408 g/mol. The van der Waals surface area contributed by atoms with Gasteiger partial charge in [0.25, 0.3) is 0 Å². The highest BCUT2D eigenvalue weighted by Crippen LogP contribution is 2.29. The molecule has 2 heteroatoms. The van der Waals surface area contributed by atoms with Crippen molar-refractivity contribution in [3.63, 3.8) is 0 Å².